The molecule has 0 aromatic heterocycles. The molecule has 10 heteroatoms. The predicted molar refractivity (Wildman–Crippen MR) is 73.0 cm³/mol. The molecule has 1 aromatic carbocycles. The number of hydrogen-bond acceptors (Lipinski definition) is 6. The Morgan fingerprint density at radius 2 is 1.62 bits per heavy atom. The lowest BCUT2D eigenvalue weighted by molar-refractivity contribution is -0.139. The second-order valence-electron chi connectivity index (χ2n) is 4.27. The van der Waals surface area contributed by atoms with Gasteiger partial charge in [0.05, 0.1) is 9.79 Å². The number of aliphatic carboxylic acids is 1. The zero-order chi connectivity index (χ0) is 16.3. The van der Waals surface area contributed by atoms with E-state index in [1.54, 1.807) is 0 Å². The maximum atomic E-state index is 12.0. The normalized spacial score (nSPS) is 13.8. The first-order chi connectivity index (χ1) is 9.58. The van der Waals surface area contributed by atoms with Crippen LogP contribution >= 0.6 is 0 Å². The Morgan fingerprint density at radius 3 is 2.00 bits per heavy atom. The van der Waals surface area contributed by atoms with Crippen molar-refractivity contribution in [1.29, 1.82) is 0 Å². The molecule has 0 saturated heterocycles. The number of carboxylic acids is 1. The van der Waals surface area contributed by atoms with E-state index in [4.69, 9.17) is 10.2 Å². The highest BCUT2D eigenvalue weighted by Crippen LogP contribution is 2.15. The average molecular weight is 337 g/mol. The van der Waals surface area contributed by atoms with E-state index in [1.807, 2.05) is 4.72 Å². The summed E-state index contributed by atoms with van der Waals surface area (Å²) >= 11 is 0. The summed E-state index contributed by atoms with van der Waals surface area (Å²) in [5.41, 5.74) is 0. The van der Waals surface area contributed by atoms with Crippen LogP contribution in [0.5, 0.6) is 0 Å². The van der Waals surface area contributed by atoms with E-state index in [9.17, 15) is 21.6 Å². The molecule has 8 nitrogen and oxygen atoms in total. The number of carbonyl (C=O) groups is 1. The zero-order valence-corrected chi connectivity index (χ0v) is 12.7. The van der Waals surface area contributed by atoms with Crippen molar-refractivity contribution in [2.45, 2.75) is 22.3 Å². The van der Waals surface area contributed by atoms with Gasteiger partial charge in [0.2, 0.25) is 10.0 Å². The van der Waals surface area contributed by atoms with Crippen LogP contribution in [0.1, 0.15) is 6.42 Å². The summed E-state index contributed by atoms with van der Waals surface area (Å²) < 4.78 is 48.4. The van der Waals surface area contributed by atoms with Gasteiger partial charge >= 0.3 is 5.97 Å². The third-order valence-electron chi connectivity index (χ3n) is 2.58. The maximum Gasteiger partial charge on any atom is 0.321 e. The van der Waals surface area contributed by atoms with Crippen LogP contribution in [0.2, 0.25) is 0 Å². The Kier molecular flexibility index (Phi) is 5.45. The number of aliphatic hydroxyl groups excluding tert-OH is 1. The van der Waals surface area contributed by atoms with Crippen molar-refractivity contribution >= 4 is 25.8 Å². The van der Waals surface area contributed by atoms with Crippen LogP contribution in [0, 0.1) is 0 Å². The van der Waals surface area contributed by atoms with Gasteiger partial charge in [-0.05, 0) is 30.7 Å². The SMILES string of the molecule is CS(=O)(=O)c1ccc(S(=O)(=O)N[C@@H](CCO)C(=O)O)cc1. The van der Waals surface area contributed by atoms with E-state index < -0.39 is 38.5 Å². The molecule has 0 spiro atoms. The van der Waals surface area contributed by atoms with Gasteiger partial charge in [-0.2, -0.15) is 4.72 Å². The summed E-state index contributed by atoms with van der Waals surface area (Å²) in [6.45, 7) is -0.494. The van der Waals surface area contributed by atoms with Gasteiger partial charge in [-0.3, -0.25) is 4.79 Å². The van der Waals surface area contributed by atoms with Crippen LogP contribution < -0.4 is 4.72 Å². The highest BCUT2D eigenvalue weighted by Gasteiger charge is 2.25. The third kappa shape index (κ3) is 4.77. The second-order valence-corrected chi connectivity index (χ2v) is 8.00. The summed E-state index contributed by atoms with van der Waals surface area (Å²) in [5, 5.41) is 17.6. The van der Waals surface area contributed by atoms with Crippen molar-refractivity contribution in [2.75, 3.05) is 12.9 Å². The molecule has 1 aromatic rings. The molecular formula is C11H15NO7S2. The molecule has 21 heavy (non-hydrogen) atoms. The summed E-state index contributed by atoms with van der Waals surface area (Å²) in [6.07, 6.45) is 0.701. The van der Waals surface area contributed by atoms with Crippen molar-refractivity contribution in [2.24, 2.45) is 0 Å². The first-order valence-corrected chi connectivity index (χ1v) is 9.11. The standard InChI is InChI=1S/C11H15NO7S2/c1-20(16,17)8-2-4-9(5-3-8)21(18,19)12-10(6-7-13)11(14)15/h2-5,10,12-13H,6-7H2,1H3,(H,14,15)/t10-/m0/s1. The molecule has 1 rings (SSSR count). The van der Waals surface area contributed by atoms with Gasteiger partial charge in [0.25, 0.3) is 0 Å². The number of sulfone groups is 1. The van der Waals surface area contributed by atoms with Crippen LogP contribution in [-0.2, 0) is 24.7 Å². The molecule has 0 amide bonds. The number of nitrogens with one attached hydrogen (secondary N) is 1. The van der Waals surface area contributed by atoms with Crippen molar-refractivity contribution < 1.29 is 31.8 Å². The third-order valence-corrected chi connectivity index (χ3v) is 5.19. The maximum absolute atomic E-state index is 12.0. The van der Waals surface area contributed by atoms with Gasteiger partial charge in [-0.25, -0.2) is 16.8 Å². The second kappa shape index (κ2) is 6.52. The average Bonchev–Trinajstić information content (AvgIpc) is 2.37. The number of sulfonamides is 1. The van der Waals surface area contributed by atoms with E-state index in [2.05, 4.69) is 0 Å². The number of rotatable bonds is 7. The monoisotopic (exact) mass is 337 g/mol. The molecule has 118 valence electrons. The van der Waals surface area contributed by atoms with Crippen LogP contribution in [-0.4, -0.2) is 51.9 Å². The molecule has 0 radical (unpaired) electrons. The molecule has 0 aliphatic rings. The Morgan fingerprint density at radius 1 is 1.14 bits per heavy atom. The van der Waals surface area contributed by atoms with E-state index in [0.717, 1.165) is 30.5 Å². The molecule has 0 aliphatic heterocycles. The van der Waals surface area contributed by atoms with E-state index in [1.165, 1.54) is 0 Å². The molecule has 1 atom stereocenters. The van der Waals surface area contributed by atoms with Gasteiger partial charge in [0.15, 0.2) is 9.84 Å². The first-order valence-electron chi connectivity index (χ1n) is 5.74. The Balaban J connectivity index is 3.05. The number of aliphatic hydroxyl groups is 1. The molecule has 0 aliphatic carbocycles. The lowest BCUT2D eigenvalue weighted by Gasteiger charge is -2.13. The number of carboxylic acid groups (broad SMARTS) is 1. The Bertz CT molecular complexity index is 707. The minimum absolute atomic E-state index is 0.0495. The number of benzene rings is 1. The van der Waals surface area contributed by atoms with E-state index >= 15 is 0 Å². The highest BCUT2D eigenvalue weighted by atomic mass is 32.2. The Labute approximate surface area is 122 Å². The molecule has 3 N–H and O–H groups in total. The molecule has 0 unspecified atom stereocenters. The van der Waals surface area contributed by atoms with Gasteiger partial charge in [0.1, 0.15) is 6.04 Å². The van der Waals surface area contributed by atoms with Gasteiger partial charge < -0.3 is 10.2 Å². The lowest BCUT2D eigenvalue weighted by Crippen LogP contribution is -2.41. The molecule has 0 saturated carbocycles. The van der Waals surface area contributed by atoms with Gasteiger partial charge in [-0.15, -0.1) is 0 Å². The minimum atomic E-state index is -4.13. The van der Waals surface area contributed by atoms with Gasteiger partial charge in [-0.1, -0.05) is 0 Å². The first kappa shape index (κ1) is 17.6. The van der Waals surface area contributed by atoms with Crippen molar-refractivity contribution in [1.82, 2.24) is 4.72 Å². The summed E-state index contributed by atoms with van der Waals surface area (Å²) in [7, 11) is -7.58. The minimum Gasteiger partial charge on any atom is -0.480 e. The lowest BCUT2D eigenvalue weighted by atomic mass is 10.2. The smallest absolute Gasteiger partial charge is 0.321 e. The topological polar surface area (TPSA) is 138 Å². The predicted octanol–water partition coefficient (Wildman–Crippen LogP) is -0.796. The van der Waals surface area contributed by atoms with Crippen molar-refractivity contribution in [3.05, 3.63) is 24.3 Å². The van der Waals surface area contributed by atoms with Crippen molar-refractivity contribution in [3.8, 4) is 0 Å². The van der Waals surface area contributed by atoms with Crippen LogP contribution in [0.3, 0.4) is 0 Å². The van der Waals surface area contributed by atoms with Crippen LogP contribution in [0.25, 0.3) is 0 Å². The molecule has 0 fully saturated rings. The summed E-state index contributed by atoms with van der Waals surface area (Å²) in [4.78, 5) is 10.6. The largest absolute Gasteiger partial charge is 0.480 e. The fourth-order valence-electron chi connectivity index (χ4n) is 1.48. The quantitative estimate of drug-likeness (QED) is 0.592. The van der Waals surface area contributed by atoms with Crippen LogP contribution in [0.15, 0.2) is 34.1 Å². The fraction of sp³-hybridized carbons (Fsp3) is 0.364. The van der Waals surface area contributed by atoms with Crippen LogP contribution in [0.4, 0.5) is 0 Å². The number of hydrogen-bond donors (Lipinski definition) is 3. The molecule has 0 bridgehead atoms. The molecular weight excluding hydrogens is 322 g/mol. The highest BCUT2D eigenvalue weighted by molar-refractivity contribution is 7.90. The molecule has 0 heterocycles. The summed E-state index contributed by atoms with van der Waals surface area (Å²) in [5.74, 6) is -1.42. The van der Waals surface area contributed by atoms with Crippen molar-refractivity contribution in [3.63, 3.8) is 0 Å². The summed E-state index contributed by atoms with van der Waals surface area (Å²) in [6, 6.07) is 2.90. The Hall–Kier alpha value is -1.49. The van der Waals surface area contributed by atoms with E-state index in [0.29, 0.717) is 0 Å². The van der Waals surface area contributed by atoms with Gasteiger partial charge in [0, 0.05) is 12.9 Å². The van der Waals surface area contributed by atoms with E-state index in [-0.39, 0.29) is 16.2 Å². The fourth-order valence-corrected chi connectivity index (χ4v) is 3.34. The zero-order valence-electron chi connectivity index (χ0n) is 11.1.